The smallest absolute Gasteiger partial charge is 0.137 e. The molecule has 0 aromatic carbocycles. The molecule has 0 radical (unpaired) electrons. The summed E-state index contributed by atoms with van der Waals surface area (Å²) in [5.74, 6) is 0.636. The third-order valence-electron chi connectivity index (χ3n) is 0.857. The lowest BCUT2D eigenvalue weighted by atomic mass is 10.4. The van der Waals surface area contributed by atoms with E-state index in [0.29, 0.717) is 12.0 Å². The number of hydrogen-bond donors (Lipinski definition) is 1. The summed E-state index contributed by atoms with van der Waals surface area (Å²) >= 11 is 0. The van der Waals surface area contributed by atoms with E-state index in [-0.39, 0.29) is 5.75 Å². The molecule has 3 nitrogen and oxygen atoms in total. The van der Waals surface area contributed by atoms with Gasteiger partial charge in [-0.05, 0) is 0 Å². The van der Waals surface area contributed by atoms with Gasteiger partial charge in [-0.3, -0.25) is 4.21 Å². The van der Waals surface area contributed by atoms with Crippen molar-refractivity contribution in [1.82, 2.24) is 0 Å². The van der Waals surface area contributed by atoms with E-state index in [1.165, 1.54) is 0 Å². The molecule has 0 bridgehead atoms. The maximum Gasteiger partial charge on any atom is 0.137 e. The monoisotopic (exact) mass is 161 g/mol. The molecule has 0 rings (SSSR count). The Bertz CT molecular complexity index is 147. The van der Waals surface area contributed by atoms with Crippen molar-refractivity contribution in [2.75, 3.05) is 11.5 Å². The third kappa shape index (κ3) is 4.40. The van der Waals surface area contributed by atoms with Crippen LogP contribution in [0.5, 0.6) is 0 Å². The van der Waals surface area contributed by atoms with Crippen molar-refractivity contribution in [3.8, 4) is 0 Å². The van der Waals surface area contributed by atoms with E-state index in [0.717, 1.165) is 0 Å². The molecule has 4 heteroatoms. The van der Waals surface area contributed by atoms with Gasteiger partial charge in [-0.2, -0.15) is 0 Å². The van der Waals surface area contributed by atoms with Gasteiger partial charge in [0.2, 0.25) is 0 Å². The molecule has 0 saturated heterocycles. The molecule has 0 aromatic heterocycles. The Kier molecular flexibility index (Phi) is 5.06. The highest BCUT2D eigenvalue weighted by atomic mass is 32.2. The van der Waals surface area contributed by atoms with Crippen LogP contribution in [0.25, 0.3) is 0 Å². The number of nitrogens with two attached hydrogens (primary N) is 1. The van der Waals surface area contributed by atoms with Crippen molar-refractivity contribution in [3.05, 3.63) is 12.7 Å². The van der Waals surface area contributed by atoms with Crippen LogP contribution < -0.4 is 5.73 Å². The van der Waals surface area contributed by atoms with E-state index in [2.05, 4.69) is 6.58 Å². The lowest BCUT2D eigenvalue weighted by Crippen LogP contribution is -2.28. The molecular weight excluding hydrogens is 150 g/mol. The Morgan fingerprint density at radius 2 is 2.30 bits per heavy atom. The zero-order valence-corrected chi connectivity index (χ0v) is 6.47. The minimum Gasteiger partial charge on any atom is -0.321 e. The van der Waals surface area contributed by atoms with E-state index in [9.17, 15) is 9.00 Å². The van der Waals surface area contributed by atoms with Crippen LogP contribution in [-0.4, -0.2) is 28.0 Å². The second-order valence-electron chi connectivity index (χ2n) is 1.86. The van der Waals surface area contributed by atoms with Gasteiger partial charge in [0.25, 0.3) is 0 Å². The zero-order chi connectivity index (χ0) is 7.98. The molecule has 0 fully saturated rings. The van der Waals surface area contributed by atoms with E-state index in [1.54, 1.807) is 6.08 Å². The SMILES string of the molecule is C=CCS(=O)C[C@H](N)C=O. The topological polar surface area (TPSA) is 60.2 Å². The van der Waals surface area contributed by atoms with Crippen molar-refractivity contribution >= 4 is 17.1 Å². The number of rotatable bonds is 5. The molecule has 0 saturated carbocycles. The fraction of sp³-hybridized carbons (Fsp3) is 0.500. The Morgan fingerprint density at radius 3 is 2.70 bits per heavy atom. The van der Waals surface area contributed by atoms with Gasteiger partial charge in [0, 0.05) is 22.3 Å². The molecule has 0 spiro atoms. The summed E-state index contributed by atoms with van der Waals surface area (Å²) in [6, 6.07) is -0.596. The summed E-state index contributed by atoms with van der Waals surface area (Å²) in [5.41, 5.74) is 5.21. The molecular formula is C6H11NO2S. The number of carbonyl (C=O) groups is 1. The first-order valence-electron chi connectivity index (χ1n) is 2.87. The summed E-state index contributed by atoms with van der Waals surface area (Å²) in [4.78, 5) is 9.96. The van der Waals surface area contributed by atoms with Crippen molar-refractivity contribution in [3.63, 3.8) is 0 Å². The van der Waals surface area contributed by atoms with Gasteiger partial charge in [0.1, 0.15) is 6.29 Å². The molecule has 0 aliphatic rings. The van der Waals surface area contributed by atoms with Crippen molar-refractivity contribution < 1.29 is 9.00 Å². The Hall–Kier alpha value is -0.480. The van der Waals surface area contributed by atoms with Crippen molar-refractivity contribution in [1.29, 1.82) is 0 Å². The summed E-state index contributed by atoms with van der Waals surface area (Å²) in [6.07, 6.45) is 2.15. The molecule has 0 amide bonds. The first-order valence-corrected chi connectivity index (χ1v) is 4.36. The van der Waals surface area contributed by atoms with Gasteiger partial charge in [0.15, 0.2) is 0 Å². The maximum atomic E-state index is 10.8. The molecule has 2 atom stereocenters. The van der Waals surface area contributed by atoms with Crippen LogP contribution in [-0.2, 0) is 15.6 Å². The van der Waals surface area contributed by atoms with Crippen LogP contribution in [0.15, 0.2) is 12.7 Å². The Balaban J connectivity index is 3.56. The van der Waals surface area contributed by atoms with Gasteiger partial charge in [-0.15, -0.1) is 6.58 Å². The van der Waals surface area contributed by atoms with Gasteiger partial charge in [0.05, 0.1) is 6.04 Å². The van der Waals surface area contributed by atoms with Gasteiger partial charge < -0.3 is 10.5 Å². The maximum absolute atomic E-state index is 10.8. The fourth-order valence-electron chi connectivity index (χ4n) is 0.453. The summed E-state index contributed by atoms with van der Waals surface area (Å²) in [6.45, 7) is 3.41. The van der Waals surface area contributed by atoms with Gasteiger partial charge in [-0.25, -0.2) is 0 Å². The molecule has 2 N–H and O–H groups in total. The quantitative estimate of drug-likeness (QED) is 0.434. The minimum atomic E-state index is -1.02. The van der Waals surface area contributed by atoms with Crippen LogP contribution in [0, 0.1) is 0 Å². The fourth-order valence-corrected chi connectivity index (χ4v) is 1.36. The van der Waals surface area contributed by atoms with E-state index >= 15 is 0 Å². The van der Waals surface area contributed by atoms with Crippen LogP contribution >= 0.6 is 0 Å². The Morgan fingerprint density at radius 1 is 1.70 bits per heavy atom. The number of hydrogen-bond acceptors (Lipinski definition) is 3. The van der Waals surface area contributed by atoms with E-state index in [1.807, 2.05) is 0 Å². The first kappa shape index (κ1) is 9.52. The predicted octanol–water partition coefficient (Wildman–Crippen LogP) is -0.553. The lowest BCUT2D eigenvalue weighted by Gasteiger charge is -2.00. The van der Waals surface area contributed by atoms with Crippen LogP contribution in [0.4, 0.5) is 0 Å². The average Bonchev–Trinajstić information content (AvgIpc) is 1.88. The third-order valence-corrected chi connectivity index (χ3v) is 2.22. The highest BCUT2D eigenvalue weighted by molar-refractivity contribution is 7.85. The van der Waals surface area contributed by atoms with Gasteiger partial charge >= 0.3 is 0 Å². The standard InChI is InChI=1S/C6H11NO2S/c1-2-3-10(9)5-6(7)4-8/h2,4,6H,1,3,5,7H2/t6-,10?/m1/s1. The molecule has 0 aliphatic heterocycles. The van der Waals surface area contributed by atoms with Crippen LogP contribution in [0.1, 0.15) is 0 Å². The molecule has 10 heavy (non-hydrogen) atoms. The molecule has 0 aromatic rings. The van der Waals surface area contributed by atoms with E-state index < -0.39 is 16.8 Å². The first-order chi connectivity index (χ1) is 4.70. The van der Waals surface area contributed by atoms with Crippen LogP contribution in [0.3, 0.4) is 0 Å². The average molecular weight is 161 g/mol. The predicted molar refractivity (Wildman–Crippen MR) is 42.1 cm³/mol. The second-order valence-corrected chi connectivity index (χ2v) is 3.41. The molecule has 58 valence electrons. The van der Waals surface area contributed by atoms with Crippen LogP contribution in [0.2, 0.25) is 0 Å². The molecule has 0 heterocycles. The lowest BCUT2D eigenvalue weighted by molar-refractivity contribution is -0.108. The van der Waals surface area contributed by atoms with E-state index in [4.69, 9.17) is 5.73 Å². The zero-order valence-electron chi connectivity index (χ0n) is 5.66. The van der Waals surface area contributed by atoms with Crippen molar-refractivity contribution in [2.24, 2.45) is 5.73 Å². The second kappa shape index (κ2) is 5.32. The number of aldehydes is 1. The number of carbonyl (C=O) groups excluding carboxylic acids is 1. The van der Waals surface area contributed by atoms with Gasteiger partial charge in [-0.1, -0.05) is 6.08 Å². The summed E-state index contributed by atoms with van der Waals surface area (Å²) < 4.78 is 10.8. The molecule has 0 aliphatic carbocycles. The summed E-state index contributed by atoms with van der Waals surface area (Å²) in [5, 5.41) is 0. The van der Waals surface area contributed by atoms with Crippen molar-refractivity contribution in [2.45, 2.75) is 6.04 Å². The largest absolute Gasteiger partial charge is 0.321 e. The molecule has 1 unspecified atom stereocenters. The highest BCUT2D eigenvalue weighted by Crippen LogP contribution is 1.84. The Labute approximate surface area is 62.8 Å². The normalized spacial score (nSPS) is 15.7. The highest BCUT2D eigenvalue weighted by Gasteiger charge is 2.03. The summed E-state index contributed by atoms with van der Waals surface area (Å²) in [7, 11) is -1.02. The minimum absolute atomic E-state index is 0.232.